The largest absolute Gasteiger partial charge is 0.493 e. The second-order valence-corrected chi connectivity index (χ2v) is 7.49. The van der Waals surface area contributed by atoms with Gasteiger partial charge in [0.2, 0.25) is 0 Å². The van der Waals surface area contributed by atoms with Gasteiger partial charge in [-0.15, -0.1) is 0 Å². The third-order valence-electron chi connectivity index (χ3n) is 3.16. The van der Waals surface area contributed by atoms with E-state index in [9.17, 15) is 0 Å². The fourth-order valence-corrected chi connectivity index (χ4v) is 2.73. The monoisotopic (exact) mass is 398 g/mol. The lowest BCUT2D eigenvalue weighted by Crippen LogP contribution is -2.22. The van der Waals surface area contributed by atoms with E-state index in [0.29, 0.717) is 24.5 Å². The Balaban J connectivity index is 2.38. The minimum absolute atomic E-state index is 0.143. The van der Waals surface area contributed by atoms with Crippen LogP contribution in [0.3, 0.4) is 0 Å². The van der Waals surface area contributed by atoms with Crippen LogP contribution in [0.2, 0.25) is 0 Å². The Morgan fingerprint density at radius 3 is 2.50 bits per heavy atom. The topological polar surface area (TPSA) is 68.2 Å². The molecule has 0 saturated heterocycles. The van der Waals surface area contributed by atoms with E-state index >= 15 is 0 Å². The summed E-state index contributed by atoms with van der Waals surface area (Å²) in [7, 11) is -2.35. The van der Waals surface area contributed by atoms with E-state index in [1.54, 1.807) is 12.1 Å². The number of ether oxygens (including phenoxy) is 2. The predicted octanol–water partition coefficient (Wildman–Crippen LogP) is 5.16. The number of unbranched alkanes of at least 4 members (excludes halogenated alkanes) is 3. The van der Waals surface area contributed by atoms with E-state index < -0.39 is 13.1 Å². The molecule has 8 heteroatoms. The first-order valence-electron chi connectivity index (χ1n) is 8.03. The smallest absolute Gasteiger partial charge is 0.327 e. The SMILES string of the molecule is CCCCCCOc1cccc(OC(Cl)(Cl)CCCOP(O)O)c1. The third-order valence-corrected chi connectivity index (χ3v) is 4.10. The van der Waals surface area contributed by atoms with E-state index in [1.165, 1.54) is 12.8 Å². The Labute approximate surface area is 154 Å². The van der Waals surface area contributed by atoms with Crippen molar-refractivity contribution in [1.82, 2.24) is 0 Å². The first-order chi connectivity index (χ1) is 11.4. The van der Waals surface area contributed by atoms with E-state index in [1.807, 2.05) is 12.1 Å². The first kappa shape index (κ1) is 21.8. The molecule has 1 aromatic carbocycles. The lowest BCUT2D eigenvalue weighted by atomic mass is 10.2. The van der Waals surface area contributed by atoms with Gasteiger partial charge >= 0.3 is 8.60 Å². The Kier molecular flexibility index (Phi) is 11.0. The maximum absolute atomic E-state index is 8.65. The van der Waals surface area contributed by atoms with Gasteiger partial charge < -0.3 is 23.8 Å². The molecule has 1 rings (SSSR count). The van der Waals surface area contributed by atoms with Crippen LogP contribution >= 0.6 is 31.8 Å². The molecule has 0 spiro atoms. The van der Waals surface area contributed by atoms with Gasteiger partial charge in [0.15, 0.2) is 0 Å². The van der Waals surface area contributed by atoms with Gasteiger partial charge in [0.1, 0.15) is 11.5 Å². The molecule has 0 aliphatic carbocycles. The summed E-state index contributed by atoms with van der Waals surface area (Å²) in [4.78, 5) is 17.3. The standard InChI is InChI=1S/C16H25Cl2O5P/c1-2-3-4-5-11-21-14-8-6-9-15(13-14)23-16(17,18)10-7-12-22-24(19)20/h6,8-9,13,19-20H,2-5,7,10-12H2,1H3. The average molecular weight is 399 g/mol. The fourth-order valence-electron chi connectivity index (χ4n) is 1.99. The van der Waals surface area contributed by atoms with Crippen molar-refractivity contribution < 1.29 is 23.8 Å². The molecule has 24 heavy (non-hydrogen) atoms. The normalized spacial score (nSPS) is 11.8. The van der Waals surface area contributed by atoms with Crippen LogP contribution in [0.4, 0.5) is 0 Å². The van der Waals surface area contributed by atoms with Gasteiger partial charge in [-0.25, -0.2) is 0 Å². The molecule has 0 fully saturated rings. The summed E-state index contributed by atoms with van der Waals surface area (Å²) in [5.41, 5.74) is 0. The minimum Gasteiger partial charge on any atom is -0.493 e. The van der Waals surface area contributed by atoms with Crippen LogP contribution in [0.5, 0.6) is 11.5 Å². The lowest BCUT2D eigenvalue weighted by molar-refractivity contribution is 0.199. The van der Waals surface area contributed by atoms with Crippen LogP contribution in [0, 0.1) is 0 Å². The van der Waals surface area contributed by atoms with Crippen molar-refractivity contribution >= 4 is 31.8 Å². The fraction of sp³-hybridized carbons (Fsp3) is 0.625. The summed E-state index contributed by atoms with van der Waals surface area (Å²) < 4.78 is 14.5. The third kappa shape index (κ3) is 10.5. The van der Waals surface area contributed by atoms with Crippen LogP contribution < -0.4 is 9.47 Å². The first-order valence-corrected chi connectivity index (χ1v) is 9.95. The summed E-state index contributed by atoms with van der Waals surface area (Å²) >= 11 is 12.3. The van der Waals surface area contributed by atoms with Crippen LogP contribution in [0.15, 0.2) is 24.3 Å². The zero-order chi connectivity index (χ0) is 17.8. The van der Waals surface area contributed by atoms with Crippen molar-refractivity contribution in [2.75, 3.05) is 13.2 Å². The van der Waals surface area contributed by atoms with Crippen molar-refractivity contribution in [3.63, 3.8) is 0 Å². The number of hydrogen-bond acceptors (Lipinski definition) is 5. The van der Waals surface area contributed by atoms with Crippen LogP contribution in [0.25, 0.3) is 0 Å². The van der Waals surface area contributed by atoms with Gasteiger partial charge in [-0.2, -0.15) is 0 Å². The summed E-state index contributed by atoms with van der Waals surface area (Å²) in [5.74, 6) is 1.22. The Hall–Kier alpha value is -0.290. The van der Waals surface area contributed by atoms with E-state index in [2.05, 4.69) is 11.4 Å². The quantitative estimate of drug-likeness (QED) is 0.272. The maximum Gasteiger partial charge on any atom is 0.327 e. The number of benzene rings is 1. The van der Waals surface area contributed by atoms with E-state index in [0.717, 1.165) is 12.8 Å². The number of hydrogen-bond donors (Lipinski definition) is 2. The average Bonchev–Trinajstić information content (AvgIpc) is 2.51. The molecule has 2 N–H and O–H groups in total. The number of alkyl halides is 2. The Morgan fingerprint density at radius 1 is 1.04 bits per heavy atom. The van der Waals surface area contributed by atoms with Crippen molar-refractivity contribution in [2.24, 2.45) is 0 Å². The van der Waals surface area contributed by atoms with Gasteiger partial charge in [0, 0.05) is 12.5 Å². The molecule has 138 valence electrons. The number of halogens is 2. The highest BCUT2D eigenvalue weighted by Gasteiger charge is 2.26. The zero-order valence-electron chi connectivity index (χ0n) is 13.8. The molecule has 0 heterocycles. The number of rotatable bonds is 13. The lowest BCUT2D eigenvalue weighted by Gasteiger charge is -2.21. The molecule has 1 aromatic rings. The molecule has 0 radical (unpaired) electrons. The second kappa shape index (κ2) is 12.1. The highest BCUT2D eigenvalue weighted by molar-refractivity contribution is 7.39. The highest BCUT2D eigenvalue weighted by Crippen LogP contribution is 2.33. The van der Waals surface area contributed by atoms with Crippen LogP contribution in [-0.4, -0.2) is 27.5 Å². The molecule has 0 unspecified atom stereocenters. The highest BCUT2D eigenvalue weighted by atomic mass is 35.5. The van der Waals surface area contributed by atoms with E-state index in [-0.39, 0.29) is 13.0 Å². The van der Waals surface area contributed by atoms with Crippen LogP contribution in [0.1, 0.15) is 45.4 Å². The second-order valence-electron chi connectivity index (χ2n) is 5.31. The van der Waals surface area contributed by atoms with Gasteiger partial charge in [-0.05, 0) is 25.0 Å². The Bertz CT molecular complexity index is 460. The van der Waals surface area contributed by atoms with E-state index in [4.69, 9.17) is 42.5 Å². The molecular formula is C16H25Cl2O5P. The van der Waals surface area contributed by atoms with Gasteiger partial charge in [-0.1, -0.05) is 55.5 Å². The zero-order valence-corrected chi connectivity index (χ0v) is 16.2. The summed E-state index contributed by atoms with van der Waals surface area (Å²) in [6.45, 7) is 2.98. The summed E-state index contributed by atoms with van der Waals surface area (Å²) in [6.07, 6.45) is 5.30. The van der Waals surface area contributed by atoms with Crippen molar-refractivity contribution in [3.05, 3.63) is 24.3 Å². The maximum atomic E-state index is 8.65. The molecule has 0 bridgehead atoms. The molecule has 5 nitrogen and oxygen atoms in total. The summed E-state index contributed by atoms with van der Waals surface area (Å²) in [6, 6.07) is 7.17. The molecular weight excluding hydrogens is 374 g/mol. The van der Waals surface area contributed by atoms with Gasteiger partial charge in [0.25, 0.3) is 4.52 Å². The van der Waals surface area contributed by atoms with Crippen molar-refractivity contribution in [1.29, 1.82) is 0 Å². The Morgan fingerprint density at radius 2 is 1.79 bits per heavy atom. The molecule has 0 saturated carbocycles. The minimum atomic E-state index is -2.35. The molecule has 0 aliphatic rings. The molecule has 0 aromatic heterocycles. The van der Waals surface area contributed by atoms with Crippen molar-refractivity contribution in [2.45, 2.75) is 50.0 Å². The van der Waals surface area contributed by atoms with Crippen LogP contribution in [-0.2, 0) is 4.52 Å². The summed E-state index contributed by atoms with van der Waals surface area (Å²) in [5, 5.41) is 0. The molecule has 0 amide bonds. The van der Waals surface area contributed by atoms with Crippen molar-refractivity contribution in [3.8, 4) is 11.5 Å². The molecule has 0 atom stereocenters. The molecule has 0 aliphatic heterocycles. The van der Waals surface area contributed by atoms with Gasteiger partial charge in [-0.3, -0.25) is 0 Å². The predicted molar refractivity (Wildman–Crippen MR) is 97.7 cm³/mol. The van der Waals surface area contributed by atoms with Gasteiger partial charge in [0.05, 0.1) is 13.2 Å².